The summed E-state index contributed by atoms with van der Waals surface area (Å²) in [4.78, 5) is 11.1. The van der Waals surface area contributed by atoms with Gasteiger partial charge in [0.15, 0.2) is 0 Å². The van der Waals surface area contributed by atoms with E-state index in [0.717, 1.165) is 0 Å². The molecule has 1 aromatic carbocycles. The van der Waals surface area contributed by atoms with Crippen molar-refractivity contribution in [2.75, 3.05) is 18.9 Å². The average molecular weight is 221 g/mol. The van der Waals surface area contributed by atoms with Crippen LogP contribution in [0.25, 0.3) is 0 Å². The van der Waals surface area contributed by atoms with Gasteiger partial charge in [-0.25, -0.2) is 9.18 Å². The van der Waals surface area contributed by atoms with Crippen LogP contribution in [0.2, 0.25) is 0 Å². The molecule has 0 aliphatic heterocycles. The zero-order chi connectivity index (χ0) is 12.0. The zero-order valence-corrected chi connectivity index (χ0v) is 8.80. The minimum atomic E-state index is -0.413. The lowest BCUT2D eigenvalue weighted by Crippen LogP contribution is -2.24. The van der Waals surface area contributed by atoms with E-state index in [4.69, 9.17) is 5.73 Å². The molecule has 0 atom stereocenters. The average Bonchev–Trinajstić information content (AvgIpc) is 2.29. The Balaban J connectivity index is 3.02. The normalized spacial score (nSPS) is 8.94. The summed E-state index contributed by atoms with van der Waals surface area (Å²) in [5.41, 5.74) is 6.07. The monoisotopic (exact) mass is 221 g/mol. The topological polar surface area (TPSA) is 67.2 Å². The fraction of sp³-hybridized carbons (Fsp3) is 0.182. The van der Waals surface area contributed by atoms with Crippen LogP contribution in [0.5, 0.6) is 0 Å². The van der Waals surface area contributed by atoms with Gasteiger partial charge in [-0.1, -0.05) is 11.8 Å². The van der Waals surface area contributed by atoms with E-state index in [0.29, 0.717) is 11.3 Å². The number of carbonyl (C=O) groups is 1. The quantitative estimate of drug-likeness (QED) is 0.616. The molecule has 16 heavy (non-hydrogen) atoms. The standard InChI is InChI=1S/C11H12FN3O/c1-14-11(16)15-10-5-4-9(12)7-8(10)3-2-6-13/h4-5,7H,6,13H2,1H3,(H2,14,15,16). The molecule has 0 saturated carbocycles. The summed E-state index contributed by atoms with van der Waals surface area (Å²) >= 11 is 0. The molecule has 4 nitrogen and oxygen atoms in total. The molecule has 1 aromatic rings. The van der Waals surface area contributed by atoms with Crippen LogP contribution in [0, 0.1) is 17.7 Å². The number of carbonyl (C=O) groups excluding carboxylic acids is 1. The smallest absolute Gasteiger partial charge is 0.319 e. The molecule has 4 N–H and O–H groups in total. The van der Waals surface area contributed by atoms with Crippen molar-refractivity contribution in [3.05, 3.63) is 29.6 Å². The number of hydrogen-bond acceptors (Lipinski definition) is 2. The SMILES string of the molecule is CNC(=O)Nc1ccc(F)cc1C#CCN. The van der Waals surface area contributed by atoms with Crippen molar-refractivity contribution in [1.82, 2.24) is 5.32 Å². The Morgan fingerprint density at radius 2 is 2.31 bits per heavy atom. The Morgan fingerprint density at radius 3 is 2.94 bits per heavy atom. The van der Waals surface area contributed by atoms with Gasteiger partial charge in [0.25, 0.3) is 0 Å². The maximum absolute atomic E-state index is 13.0. The summed E-state index contributed by atoms with van der Waals surface area (Å²) in [6, 6.07) is 3.56. The van der Waals surface area contributed by atoms with Gasteiger partial charge in [-0.05, 0) is 18.2 Å². The lowest BCUT2D eigenvalue weighted by molar-refractivity contribution is 0.254. The van der Waals surface area contributed by atoms with Crippen molar-refractivity contribution in [2.45, 2.75) is 0 Å². The first-order valence-electron chi connectivity index (χ1n) is 4.64. The molecule has 0 aliphatic carbocycles. The molecule has 0 aliphatic rings. The highest BCUT2D eigenvalue weighted by molar-refractivity contribution is 5.90. The van der Waals surface area contributed by atoms with Crippen LogP contribution in [-0.2, 0) is 0 Å². The van der Waals surface area contributed by atoms with Gasteiger partial charge in [-0.3, -0.25) is 0 Å². The molecule has 2 amide bonds. The van der Waals surface area contributed by atoms with Crippen molar-refractivity contribution in [1.29, 1.82) is 0 Å². The number of halogens is 1. The highest BCUT2D eigenvalue weighted by Gasteiger charge is 2.04. The molecular weight excluding hydrogens is 209 g/mol. The highest BCUT2D eigenvalue weighted by atomic mass is 19.1. The third kappa shape index (κ3) is 3.26. The van der Waals surface area contributed by atoms with Crippen molar-refractivity contribution in [3.8, 4) is 11.8 Å². The largest absolute Gasteiger partial charge is 0.341 e. The lowest BCUT2D eigenvalue weighted by Gasteiger charge is -2.06. The number of nitrogens with two attached hydrogens (primary N) is 1. The minimum absolute atomic E-state index is 0.177. The van der Waals surface area contributed by atoms with Gasteiger partial charge < -0.3 is 16.4 Å². The van der Waals surface area contributed by atoms with E-state index in [1.165, 1.54) is 25.2 Å². The molecule has 0 unspecified atom stereocenters. The molecule has 0 bridgehead atoms. The van der Waals surface area contributed by atoms with E-state index in [9.17, 15) is 9.18 Å². The number of urea groups is 1. The number of benzene rings is 1. The van der Waals surface area contributed by atoms with E-state index in [2.05, 4.69) is 22.5 Å². The molecule has 0 saturated heterocycles. The Kier molecular flexibility index (Phi) is 4.30. The van der Waals surface area contributed by atoms with Crippen LogP contribution >= 0.6 is 0 Å². The molecular formula is C11H12FN3O. The van der Waals surface area contributed by atoms with E-state index in [-0.39, 0.29) is 12.6 Å². The number of amides is 2. The Bertz CT molecular complexity index is 448. The second-order valence-electron chi connectivity index (χ2n) is 2.90. The molecule has 0 radical (unpaired) electrons. The number of hydrogen-bond donors (Lipinski definition) is 3. The van der Waals surface area contributed by atoms with Crippen molar-refractivity contribution < 1.29 is 9.18 Å². The zero-order valence-electron chi connectivity index (χ0n) is 8.80. The van der Waals surface area contributed by atoms with E-state index in [1.807, 2.05) is 0 Å². The van der Waals surface area contributed by atoms with Crippen LogP contribution in [0.3, 0.4) is 0 Å². The molecule has 0 heterocycles. The number of nitrogens with one attached hydrogen (secondary N) is 2. The summed E-state index contributed by atoms with van der Waals surface area (Å²) in [6.45, 7) is 0.177. The van der Waals surface area contributed by atoms with Crippen molar-refractivity contribution in [2.24, 2.45) is 5.73 Å². The van der Waals surface area contributed by atoms with Crippen LogP contribution in [0.15, 0.2) is 18.2 Å². The second kappa shape index (κ2) is 5.73. The van der Waals surface area contributed by atoms with E-state index < -0.39 is 5.82 Å². The molecule has 5 heteroatoms. The third-order valence-electron chi connectivity index (χ3n) is 1.78. The molecule has 1 rings (SSSR count). The van der Waals surface area contributed by atoms with E-state index >= 15 is 0 Å². The molecule has 0 aromatic heterocycles. The number of anilines is 1. The van der Waals surface area contributed by atoms with Gasteiger partial charge in [-0.2, -0.15) is 0 Å². The second-order valence-corrected chi connectivity index (χ2v) is 2.90. The summed E-state index contributed by atoms with van der Waals surface area (Å²) in [6.07, 6.45) is 0. The minimum Gasteiger partial charge on any atom is -0.341 e. The van der Waals surface area contributed by atoms with Gasteiger partial charge >= 0.3 is 6.03 Å². The third-order valence-corrected chi connectivity index (χ3v) is 1.78. The molecule has 0 fully saturated rings. The van der Waals surface area contributed by atoms with Crippen LogP contribution in [0.4, 0.5) is 14.9 Å². The maximum atomic E-state index is 13.0. The van der Waals surface area contributed by atoms with Gasteiger partial charge in [0.1, 0.15) is 5.82 Å². The van der Waals surface area contributed by atoms with Gasteiger partial charge in [0.05, 0.1) is 17.8 Å². The summed E-state index contributed by atoms with van der Waals surface area (Å²) < 4.78 is 13.0. The summed E-state index contributed by atoms with van der Waals surface area (Å²) in [7, 11) is 1.49. The Labute approximate surface area is 93.0 Å². The fourth-order valence-electron chi connectivity index (χ4n) is 1.06. The molecule has 84 valence electrons. The fourth-order valence-corrected chi connectivity index (χ4v) is 1.06. The first-order valence-corrected chi connectivity index (χ1v) is 4.64. The Hall–Kier alpha value is -2.06. The van der Waals surface area contributed by atoms with Crippen LogP contribution in [-0.4, -0.2) is 19.6 Å². The van der Waals surface area contributed by atoms with Gasteiger partial charge in [0.2, 0.25) is 0 Å². The van der Waals surface area contributed by atoms with Crippen molar-refractivity contribution in [3.63, 3.8) is 0 Å². The number of rotatable bonds is 1. The van der Waals surface area contributed by atoms with Crippen LogP contribution < -0.4 is 16.4 Å². The lowest BCUT2D eigenvalue weighted by atomic mass is 10.1. The summed E-state index contributed by atoms with van der Waals surface area (Å²) in [5.74, 6) is 4.88. The summed E-state index contributed by atoms with van der Waals surface area (Å²) in [5, 5.41) is 4.93. The molecule has 0 spiro atoms. The highest BCUT2D eigenvalue weighted by Crippen LogP contribution is 2.15. The van der Waals surface area contributed by atoms with Crippen LogP contribution in [0.1, 0.15) is 5.56 Å². The van der Waals surface area contributed by atoms with Gasteiger partial charge in [-0.15, -0.1) is 0 Å². The first-order chi connectivity index (χ1) is 7.67. The van der Waals surface area contributed by atoms with Crippen molar-refractivity contribution >= 4 is 11.7 Å². The predicted molar refractivity (Wildman–Crippen MR) is 60.4 cm³/mol. The van der Waals surface area contributed by atoms with E-state index in [1.54, 1.807) is 0 Å². The first kappa shape index (κ1) is 12.0. The predicted octanol–water partition coefficient (Wildman–Crippen LogP) is 0.887. The Morgan fingerprint density at radius 1 is 1.56 bits per heavy atom. The van der Waals surface area contributed by atoms with Gasteiger partial charge in [0, 0.05) is 7.05 Å². The maximum Gasteiger partial charge on any atom is 0.319 e.